The molecule has 0 atom stereocenters. The number of aromatic nitrogens is 3. The predicted molar refractivity (Wildman–Crippen MR) is 180 cm³/mol. The lowest BCUT2D eigenvalue weighted by Crippen LogP contribution is -2.42. The normalized spacial score (nSPS) is 16.7. The molecule has 11 heteroatoms. The van der Waals surface area contributed by atoms with E-state index in [1.54, 1.807) is 17.2 Å². The second-order valence-corrected chi connectivity index (χ2v) is 14.9. The van der Waals surface area contributed by atoms with Gasteiger partial charge in [-0.2, -0.15) is 5.10 Å². The molecule has 4 heterocycles. The third-order valence-corrected chi connectivity index (χ3v) is 9.01. The maximum absolute atomic E-state index is 12.6. The molecule has 2 aromatic heterocycles. The number of piperidine rings is 1. The fourth-order valence-electron chi connectivity index (χ4n) is 6.36. The van der Waals surface area contributed by atoms with Gasteiger partial charge >= 0.3 is 6.09 Å². The minimum Gasteiger partial charge on any atom is -0.472 e. The maximum atomic E-state index is 12.6. The second-order valence-electron chi connectivity index (χ2n) is 13.1. The van der Waals surface area contributed by atoms with Crippen molar-refractivity contribution >= 4 is 43.9 Å². The molecule has 0 bridgehead atoms. The Hall–Kier alpha value is -4.38. The van der Waals surface area contributed by atoms with Gasteiger partial charge in [0.25, 0.3) is 0 Å². The van der Waals surface area contributed by atoms with Gasteiger partial charge in [-0.05, 0) is 110 Å². The average Bonchev–Trinajstić information content (AvgIpc) is 3.30. The summed E-state index contributed by atoms with van der Waals surface area (Å²) in [6.07, 6.45) is 7.02. The van der Waals surface area contributed by atoms with Crippen LogP contribution in [0.1, 0.15) is 69.2 Å². The lowest BCUT2D eigenvalue weighted by Gasteiger charge is -2.33. The lowest BCUT2D eigenvalue weighted by atomic mass is 9.86. The van der Waals surface area contributed by atoms with E-state index in [1.807, 2.05) is 57.3 Å². The van der Waals surface area contributed by atoms with Crippen LogP contribution in [0, 0.1) is 5.92 Å². The van der Waals surface area contributed by atoms with Gasteiger partial charge in [-0.1, -0.05) is 19.1 Å². The van der Waals surface area contributed by atoms with Crippen molar-refractivity contribution < 1.29 is 22.7 Å². The number of allylic oxidation sites excluding steroid dienone is 1. The molecule has 0 aliphatic carbocycles. The number of nitrogens with one attached hydrogen (secondary N) is 1. The van der Waals surface area contributed by atoms with E-state index in [0.717, 1.165) is 69.9 Å². The summed E-state index contributed by atoms with van der Waals surface area (Å²) in [7, 11) is -3.43. The Morgan fingerprint density at radius 1 is 1.09 bits per heavy atom. The highest BCUT2D eigenvalue weighted by Gasteiger charge is 2.28. The van der Waals surface area contributed by atoms with Gasteiger partial charge in [0.05, 0.1) is 18.0 Å². The van der Waals surface area contributed by atoms with Crippen molar-refractivity contribution in [3.8, 4) is 5.88 Å². The van der Waals surface area contributed by atoms with Gasteiger partial charge in [-0.15, -0.1) is 0 Å². The number of likely N-dealkylation sites (tertiary alicyclic amines) is 1. The van der Waals surface area contributed by atoms with Crippen molar-refractivity contribution in [2.24, 2.45) is 5.92 Å². The first-order valence-corrected chi connectivity index (χ1v) is 17.6. The summed E-state index contributed by atoms with van der Waals surface area (Å²) in [5.74, 6) is 0.952. The molecular weight excluding hydrogens is 602 g/mol. The Morgan fingerprint density at radius 3 is 2.59 bits per heavy atom. The second kappa shape index (κ2) is 12.4. The average molecular weight is 644 g/mol. The highest BCUT2D eigenvalue weighted by atomic mass is 32.2. The van der Waals surface area contributed by atoms with Gasteiger partial charge < -0.3 is 14.4 Å². The molecule has 4 aromatic rings. The molecule has 1 saturated heterocycles. The highest BCUT2D eigenvalue weighted by molar-refractivity contribution is 7.92. The number of benzene rings is 2. The Balaban J connectivity index is 1.35. The number of carbonyl (C=O) groups excluding carboxylic acids is 1. The quantitative estimate of drug-likeness (QED) is 0.248. The van der Waals surface area contributed by atoms with E-state index < -0.39 is 15.6 Å². The SMILES string of the molecule is CC/C(=C1\c2cc3cnn(CC4CCN(C(=O)OC(C)(C)C)CC4)c3cc2COc2ncccc21)c1cccc(NS(C)(=O)=O)c1. The minimum atomic E-state index is -3.43. The molecular formula is C35H41N5O5S. The third-order valence-electron chi connectivity index (χ3n) is 8.41. The largest absolute Gasteiger partial charge is 0.472 e. The zero-order valence-corrected chi connectivity index (χ0v) is 27.9. The number of nitrogens with zero attached hydrogens (tertiary/aromatic N) is 4. The van der Waals surface area contributed by atoms with Crippen molar-refractivity contribution in [3.05, 3.63) is 83.2 Å². The minimum absolute atomic E-state index is 0.248. The first kappa shape index (κ1) is 31.6. The number of hydrogen-bond acceptors (Lipinski definition) is 7. The fraction of sp³-hybridized carbons (Fsp3) is 0.400. The topological polar surface area (TPSA) is 116 Å². The third kappa shape index (κ3) is 6.89. The van der Waals surface area contributed by atoms with Gasteiger partial charge in [0.2, 0.25) is 15.9 Å². The van der Waals surface area contributed by atoms with E-state index in [9.17, 15) is 13.2 Å². The zero-order valence-electron chi connectivity index (χ0n) is 27.0. The zero-order chi connectivity index (χ0) is 32.6. The Bertz CT molecular complexity index is 1920. The molecule has 2 aromatic carbocycles. The molecule has 10 nitrogen and oxygen atoms in total. The van der Waals surface area contributed by atoms with Gasteiger partial charge in [-0.3, -0.25) is 9.40 Å². The van der Waals surface area contributed by atoms with E-state index in [2.05, 4.69) is 33.4 Å². The summed E-state index contributed by atoms with van der Waals surface area (Å²) in [6, 6.07) is 15.8. The van der Waals surface area contributed by atoms with Crippen molar-refractivity contribution in [2.75, 3.05) is 24.1 Å². The summed E-state index contributed by atoms with van der Waals surface area (Å²) < 4.78 is 40.5. The summed E-state index contributed by atoms with van der Waals surface area (Å²) in [6.45, 7) is 10.2. The van der Waals surface area contributed by atoms with E-state index >= 15 is 0 Å². The summed E-state index contributed by atoms with van der Waals surface area (Å²) >= 11 is 0. The summed E-state index contributed by atoms with van der Waals surface area (Å²) in [5.41, 5.74) is 6.99. The molecule has 0 unspecified atom stereocenters. The van der Waals surface area contributed by atoms with Crippen LogP contribution in [0.5, 0.6) is 5.88 Å². The van der Waals surface area contributed by atoms with Crippen LogP contribution in [0.25, 0.3) is 22.0 Å². The molecule has 2 aliphatic rings. The Morgan fingerprint density at radius 2 is 1.87 bits per heavy atom. The van der Waals surface area contributed by atoms with Gasteiger partial charge in [0.1, 0.15) is 12.2 Å². The number of pyridine rings is 1. The van der Waals surface area contributed by atoms with E-state index in [-0.39, 0.29) is 6.09 Å². The van der Waals surface area contributed by atoms with Crippen LogP contribution in [0.3, 0.4) is 0 Å². The monoisotopic (exact) mass is 643 g/mol. The predicted octanol–water partition coefficient (Wildman–Crippen LogP) is 6.71. The number of hydrogen-bond donors (Lipinski definition) is 1. The van der Waals surface area contributed by atoms with Crippen LogP contribution in [0.2, 0.25) is 0 Å². The van der Waals surface area contributed by atoms with Crippen molar-refractivity contribution in [1.29, 1.82) is 0 Å². The van der Waals surface area contributed by atoms with Crippen molar-refractivity contribution in [1.82, 2.24) is 19.7 Å². The number of sulfonamides is 1. The number of rotatable bonds is 6. The van der Waals surface area contributed by atoms with Gasteiger partial charge in [0.15, 0.2) is 0 Å². The van der Waals surface area contributed by atoms with Crippen LogP contribution < -0.4 is 9.46 Å². The molecule has 0 saturated carbocycles. The standard InChI is InChI=1S/C35H41N5O5S/c1-6-28(24-9-7-10-27(17-24)38-46(5,42)43)32-29-11-8-14-36-33(29)44-22-26-19-31-25(18-30(26)32)20-37-40(31)21-23-12-15-39(16-13-23)34(41)45-35(2,3)4/h7-11,14,17-20,23,38H,6,12-13,15-16,21-22H2,1-5H3/b32-28+. The smallest absolute Gasteiger partial charge is 0.410 e. The fourth-order valence-corrected chi connectivity index (χ4v) is 6.91. The summed E-state index contributed by atoms with van der Waals surface area (Å²) in [5, 5.41) is 5.83. The number of fused-ring (bicyclic) bond motifs is 3. The lowest BCUT2D eigenvalue weighted by molar-refractivity contribution is 0.0177. The molecule has 1 fully saturated rings. The molecule has 1 amide bonds. The van der Waals surface area contributed by atoms with E-state index in [0.29, 0.717) is 43.6 Å². The van der Waals surface area contributed by atoms with Crippen LogP contribution in [0.4, 0.5) is 10.5 Å². The molecule has 0 radical (unpaired) electrons. The highest BCUT2D eigenvalue weighted by Crippen LogP contribution is 2.43. The van der Waals surface area contributed by atoms with E-state index in [1.165, 1.54) is 0 Å². The van der Waals surface area contributed by atoms with Gasteiger partial charge in [0, 0.05) is 42.5 Å². The first-order valence-electron chi connectivity index (χ1n) is 15.7. The van der Waals surface area contributed by atoms with Gasteiger partial charge in [-0.25, -0.2) is 18.2 Å². The molecule has 1 N–H and O–H groups in total. The molecule has 6 rings (SSSR count). The Labute approximate surface area is 270 Å². The molecule has 46 heavy (non-hydrogen) atoms. The van der Waals surface area contributed by atoms with Crippen LogP contribution in [0.15, 0.2) is 60.9 Å². The van der Waals surface area contributed by atoms with Crippen LogP contribution in [-0.2, 0) is 27.9 Å². The Kier molecular flexibility index (Phi) is 8.54. The number of ether oxygens (including phenoxy) is 2. The van der Waals surface area contributed by atoms with Crippen molar-refractivity contribution in [3.63, 3.8) is 0 Å². The van der Waals surface area contributed by atoms with Crippen molar-refractivity contribution in [2.45, 2.75) is 65.7 Å². The summed E-state index contributed by atoms with van der Waals surface area (Å²) in [4.78, 5) is 18.9. The maximum Gasteiger partial charge on any atom is 0.410 e. The molecule has 0 spiro atoms. The number of carbonyl (C=O) groups is 1. The van der Waals surface area contributed by atoms with Crippen LogP contribution in [-0.4, -0.2) is 59.1 Å². The van der Waals surface area contributed by atoms with E-state index in [4.69, 9.17) is 14.6 Å². The number of amides is 1. The number of anilines is 1. The van der Waals surface area contributed by atoms with Crippen LogP contribution >= 0.6 is 0 Å². The first-order chi connectivity index (χ1) is 21.9. The molecule has 242 valence electrons. The molecule has 2 aliphatic heterocycles.